The Morgan fingerprint density at radius 2 is 0.653 bits per heavy atom. The van der Waals surface area contributed by atoms with Crippen molar-refractivity contribution in [1.82, 2.24) is 5.32 Å². The third kappa shape index (κ3) is 57.6. The van der Waals surface area contributed by atoms with Crippen molar-refractivity contribution in [3.63, 3.8) is 0 Å². The molecule has 426 valence electrons. The molecule has 0 spiro atoms. The number of hydrogen-bond acceptors (Lipinski definition) is 5. The van der Waals surface area contributed by atoms with Gasteiger partial charge in [-0.3, -0.25) is 9.59 Å². The van der Waals surface area contributed by atoms with Crippen LogP contribution in [0.15, 0.2) is 24.3 Å². The molecule has 6 nitrogen and oxygen atoms in total. The average Bonchev–Trinajstić information content (AvgIpc) is 3.38. The minimum absolute atomic E-state index is 0.0125. The Morgan fingerprint density at radius 3 is 0.986 bits per heavy atom. The molecule has 0 rings (SSSR count). The molecule has 6 heteroatoms. The number of nitrogens with one attached hydrogen (secondary N) is 1. The van der Waals surface area contributed by atoms with Crippen molar-refractivity contribution >= 4 is 11.9 Å². The zero-order valence-electron chi connectivity index (χ0n) is 48.7. The van der Waals surface area contributed by atoms with E-state index in [-0.39, 0.29) is 18.5 Å². The highest BCUT2D eigenvalue weighted by Crippen LogP contribution is 2.18. The van der Waals surface area contributed by atoms with Crippen LogP contribution in [-0.2, 0) is 14.3 Å². The molecule has 1 amide bonds. The lowest BCUT2D eigenvalue weighted by Crippen LogP contribution is -2.45. The van der Waals surface area contributed by atoms with Crippen molar-refractivity contribution < 1.29 is 24.5 Å². The lowest BCUT2D eigenvalue weighted by atomic mass is 10.0. The SMILES string of the molecule is CCCCCCC/C=C\CCCCCCCC(=O)OCCCCCCCCCCCCCCCCCCCCCCCCCCCCCCCCCCC(=O)NC(CO)C(O)/C=C/CCCCCCCCC. The van der Waals surface area contributed by atoms with E-state index in [0.717, 1.165) is 44.9 Å². The van der Waals surface area contributed by atoms with Crippen LogP contribution in [0.1, 0.15) is 361 Å². The summed E-state index contributed by atoms with van der Waals surface area (Å²) in [6, 6.07) is -0.621. The highest BCUT2D eigenvalue weighted by Gasteiger charge is 2.18. The number of amides is 1. The Hall–Kier alpha value is -1.66. The number of carbonyl (C=O) groups is 2. The lowest BCUT2D eigenvalue weighted by molar-refractivity contribution is -0.143. The molecule has 0 fully saturated rings. The molecule has 0 bridgehead atoms. The molecule has 0 radical (unpaired) electrons. The zero-order chi connectivity index (χ0) is 52.2. The van der Waals surface area contributed by atoms with Crippen molar-refractivity contribution in [2.24, 2.45) is 0 Å². The van der Waals surface area contributed by atoms with Gasteiger partial charge >= 0.3 is 5.97 Å². The summed E-state index contributed by atoms with van der Waals surface area (Å²) in [5.41, 5.74) is 0. The fraction of sp³-hybridized carbons (Fsp3) is 0.909. The molecule has 0 heterocycles. The number of aliphatic hydroxyl groups is 2. The van der Waals surface area contributed by atoms with Crippen LogP contribution >= 0.6 is 0 Å². The van der Waals surface area contributed by atoms with Gasteiger partial charge in [-0.1, -0.05) is 314 Å². The highest BCUT2D eigenvalue weighted by atomic mass is 16.5. The summed E-state index contributed by atoms with van der Waals surface area (Å²) in [4.78, 5) is 24.4. The zero-order valence-corrected chi connectivity index (χ0v) is 48.7. The second-order valence-corrected chi connectivity index (χ2v) is 22.5. The maximum absolute atomic E-state index is 12.4. The van der Waals surface area contributed by atoms with Crippen LogP contribution in [0.5, 0.6) is 0 Å². The summed E-state index contributed by atoms with van der Waals surface area (Å²) >= 11 is 0. The van der Waals surface area contributed by atoms with E-state index >= 15 is 0 Å². The first-order valence-electron chi connectivity index (χ1n) is 32.6. The van der Waals surface area contributed by atoms with Gasteiger partial charge in [0, 0.05) is 12.8 Å². The largest absolute Gasteiger partial charge is 0.466 e. The van der Waals surface area contributed by atoms with E-state index in [4.69, 9.17) is 4.74 Å². The summed E-state index contributed by atoms with van der Waals surface area (Å²) in [5.74, 6) is -0.0525. The number of rotatable bonds is 61. The van der Waals surface area contributed by atoms with E-state index in [2.05, 4.69) is 31.3 Å². The monoisotopic (exact) mass is 1010 g/mol. The average molecular weight is 1010 g/mol. The molecule has 2 unspecified atom stereocenters. The number of allylic oxidation sites excluding steroid dienone is 3. The Bertz CT molecular complexity index is 1120. The van der Waals surface area contributed by atoms with Crippen molar-refractivity contribution in [1.29, 1.82) is 0 Å². The maximum atomic E-state index is 12.4. The van der Waals surface area contributed by atoms with Crippen molar-refractivity contribution in [2.75, 3.05) is 13.2 Å². The van der Waals surface area contributed by atoms with Gasteiger partial charge in [-0.05, 0) is 57.8 Å². The van der Waals surface area contributed by atoms with Gasteiger partial charge in [0.1, 0.15) is 0 Å². The van der Waals surface area contributed by atoms with E-state index in [1.165, 1.54) is 289 Å². The quantitative estimate of drug-likeness (QED) is 0.0320. The van der Waals surface area contributed by atoms with Crippen LogP contribution in [-0.4, -0.2) is 47.4 Å². The van der Waals surface area contributed by atoms with E-state index < -0.39 is 12.1 Å². The summed E-state index contributed by atoms with van der Waals surface area (Å²) in [6.07, 6.45) is 76.9. The van der Waals surface area contributed by atoms with Crippen molar-refractivity contribution in [2.45, 2.75) is 373 Å². The Morgan fingerprint density at radius 1 is 0.375 bits per heavy atom. The molecule has 0 aliphatic heterocycles. The third-order valence-electron chi connectivity index (χ3n) is 15.2. The smallest absolute Gasteiger partial charge is 0.305 e. The van der Waals surface area contributed by atoms with E-state index in [1.807, 2.05) is 6.08 Å². The van der Waals surface area contributed by atoms with Crippen LogP contribution in [0.3, 0.4) is 0 Å². The fourth-order valence-corrected chi connectivity index (χ4v) is 10.2. The first kappa shape index (κ1) is 70.3. The molecule has 0 saturated carbocycles. The number of hydrogen-bond donors (Lipinski definition) is 3. The van der Waals surface area contributed by atoms with Gasteiger partial charge in [-0.15, -0.1) is 0 Å². The van der Waals surface area contributed by atoms with Gasteiger partial charge < -0.3 is 20.3 Å². The summed E-state index contributed by atoms with van der Waals surface area (Å²) in [5, 5.41) is 23.0. The fourth-order valence-electron chi connectivity index (χ4n) is 10.2. The van der Waals surface area contributed by atoms with Gasteiger partial charge in [-0.2, -0.15) is 0 Å². The molecule has 0 aliphatic rings. The first-order chi connectivity index (χ1) is 35.5. The van der Waals surface area contributed by atoms with Crippen LogP contribution < -0.4 is 5.32 Å². The molecular weight excluding hydrogens is 887 g/mol. The normalized spacial score (nSPS) is 12.7. The number of ether oxygens (including phenoxy) is 1. The van der Waals surface area contributed by atoms with Gasteiger partial charge in [0.05, 0.1) is 25.4 Å². The molecule has 2 atom stereocenters. The molecule has 72 heavy (non-hydrogen) atoms. The van der Waals surface area contributed by atoms with Crippen LogP contribution in [0.2, 0.25) is 0 Å². The molecule has 0 aliphatic carbocycles. The topological polar surface area (TPSA) is 95.9 Å². The Balaban J connectivity index is 3.30. The van der Waals surface area contributed by atoms with Crippen LogP contribution in [0.25, 0.3) is 0 Å². The number of aliphatic hydroxyl groups excluding tert-OH is 2. The van der Waals surface area contributed by atoms with Crippen LogP contribution in [0.4, 0.5) is 0 Å². The van der Waals surface area contributed by atoms with Crippen LogP contribution in [0, 0.1) is 0 Å². The molecule has 0 aromatic carbocycles. The van der Waals surface area contributed by atoms with E-state index in [0.29, 0.717) is 19.4 Å². The lowest BCUT2D eigenvalue weighted by Gasteiger charge is -2.20. The van der Waals surface area contributed by atoms with Gasteiger partial charge in [0.2, 0.25) is 5.91 Å². The highest BCUT2D eigenvalue weighted by molar-refractivity contribution is 5.76. The second-order valence-electron chi connectivity index (χ2n) is 22.5. The summed E-state index contributed by atoms with van der Waals surface area (Å²) < 4.78 is 5.49. The maximum Gasteiger partial charge on any atom is 0.305 e. The summed E-state index contributed by atoms with van der Waals surface area (Å²) in [6.45, 7) is 4.89. The van der Waals surface area contributed by atoms with Gasteiger partial charge in [0.15, 0.2) is 0 Å². The van der Waals surface area contributed by atoms with Crippen molar-refractivity contribution in [3.8, 4) is 0 Å². The molecule has 0 saturated heterocycles. The van der Waals surface area contributed by atoms with Gasteiger partial charge in [-0.25, -0.2) is 0 Å². The molecular formula is C66H127NO5. The minimum Gasteiger partial charge on any atom is -0.466 e. The standard InChI is InChI=1S/C66H127NO5/c1-3-5-7-9-11-13-14-15-37-40-44-48-52-56-60-66(71)72-61-57-53-49-45-41-38-35-33-31-29-27-25-23-21-19-17-16-18-20-22-24-26-28-30-32-34-36-39-43-47-51-55-59-65(70)67-63(62-68)64(69)58-54-50-46-42-12-10-8-6-4-2/h14-15,54,58,63-64,68-69H,3-13,16-53,55-57,59-62H2,1-2H3,(H,67,70)/b15-14-,58-54+. The molecule has 0 aromatic heterocycles. The second kappa shape index (κ2) is 61.9. The summed E-state index contributed by atoms with van der Waals surface area (Å²) in [7, 11) is 0. The number of unbranched alkanes of at least 4 members (excludes halogenated alkanes) is 48. The predicted octanol–water partition coefficient (Wildman–Crippen LogP) is 20.6. The van der Waals surface area contributed by atoms with Gasteiger partial charge in [0.25, 0.3) is 0 Å². The number of carbonyl (C=O) groups excluding carboxylic acids is 2. The third-order valence-corrected chi connectivity index (χ3v) is 15.2. The molecule has 0 aromatic rings. The Kier molecular flexibility index (Phi) is 60.5. The van der Waals surface area contributed by atoms with Crippen molar-refractivity contribution in [3.05, 3.63) is 24.3 Å². The van der Waals surface area contributed by atoms with E-state index in [1.54, 1.807) is 6.08 Å². The first-order valence-corrected chi connectivity index (χ1v) is 32.6. The minimum atomic E-state index is -0.838. The van der Waals surface area contributed by atoms with E-state index in [9.17, 15) is 19.8 Å². The Labute approximate surface area is 450 Å². The predicted molar refractivity (Wildman–Crippen MR) is 315 cm³/mol. The molecule has 3 N–H and O–H groups in total. The number of esters is 1.